The lowest BCUT2D eigenvalue weighted by Gasteiger charge is -2.08. The second-order valence-corrected chi connectivity index (χ2v) is 4.22. The molecule has 2 aromatic rings. The SMILES string of the molecule is Fc1cccc(Cl)c1CNc1ccnc(Cl)c1. The van der Waals surface area contributed by atoms with Crippen LogP contribution in [0.5, 0.6) is 0 Å². The van der Waals surface area contributed by atoms with Gasteiger partial charge in [-0.25, -0.2) is 9.37 Å². The Morgan fingerprint density at radius 3 is 2.76 bits per heavy atom. The lowest BCUT2D eigenvalue weighted by Crippen LogP contribution is -2.02. The first-order valence-electron chi connectivity index (χ1n) is 4.95. The molecule has 2 rings (SSSR count). The van der Waals surface area contributed by atoms with Crippen molar-refractivity contribution in [3.05, 3.63) is 58.1 Å². The van der Waals surface area contributed by atoms with Gasteiger partial charge in [-0.05, 0) is 24.3 Å². The molecule has 0 amide bonds. The quantitative estimate of drug-likeness (QED) is 0.848. The topological polar surface area (TPSA) is 24.9 Å². The van der Waals surface area contributed by atoms with Crippen LogP contribution in [0.15, 0.2) is 36.5 Å². The Morgan fingerprint density at radius 2 is 2.06 bits per heavy atom. The molecular weight excluding hydrogens is 262 g/mol. The van der Waals surface area contributed by atoms with E-state index in [0.29, 0.717) is 22.3 Å². The van der Waals surface area contributed by atoms with E-state index in [2.05, 4.69) is 10.3 Å². The number of hydrogen-bond acceptors (Lipinski definition) is 2. The van der Waals surface area contributed by atoms with Crippen molar-refractivity contribution in [1.82, 2.24) is 4.98 Å². The molecule has 5 heteroatoms. The molecule has 0 radical (unpaired) electrons. The van der Waals surface area contributed by atoms with E-state index in [4.69, 9.17) is 23.2 Å². The van der Waals surface area contributed by atoms with Gasteiger partial charge in [0.25, 0.3) is 0 Å². The van der Waals surface area contributed by atoms with E-state index in [1.165, 1.54) is 6.07 Å². The third-order valence-corrected chi connectivity index (χ3v) is 2.82. The van der Waals surface area contributed by atoms with Crippen LogP contribution < -0.4 is 5.32 Å². The monoisotopic (exact) mass is 270 g/mol. The van der Waals surface area contributed by atoms with Crippen LogP contribution in [0, 0.1) is 5.82 Å². The Bertz CT molecular complexity index is 511. The zero-order valence-corrected chi connectivity index (χ0v) is 10.3. The van der Waals surface area contributed by atoms with Crippen molar-refractivity contribution in [2.24, 2.45) is 0 Å². The van der Waals surface area contributed by atoms with Gasteiger partial charge in [0.1, 0.15) is 11.0 Å². The van der Waals surface area contributed by atoms with Crippen LogP contribution >= 0.6 is 23.2 Å². The Kier molecular flexibility index (Phi) is 3.82. The molecule has 0 spiro atoms. The first-order valence-corrected chi connectivity index (χ1v) is 5.71. The van der Waals surface area contributed by atoms with Crippen LogP contribution in [0.2, 0.25) is 10.2 Å². The molecule has 0 aliphatic carbocycles. The van der Waals surface area contributed by atoms with Crippen molar-refractivity contribution in [2.75, 3.05) is 5.32 Å². The molecule has 88 valence electrons. The Labute approximate surface area is 108 Å². The van der Waals surface area contributed by atoms with Gasteiger partial charge >= 0.3 is 0 Å². The average molecular weight is 271 g/mol. The van der Waals surface area contributed by atoms with Crippen molar-refractivity contribution in [3.8, 4) is 0 Å². The lowest BCUT2D eigenvalue weighted by atomic mass is 10.2. The van der Waals surface area contributed by atoms with Gasteiger partial charge < -0.3 is 5.32 Å². The second kappa shape index (κ2) is 5.34. The van der Waals surface area contributed by atoms with Crippen molar-refractivity contribution >= 4 is 28.9 Å². The zero-order valence-electron chi connectivity index (χ0n) is 8.75. The number of halogens is 3. The predicted molar refractivity (Wildman–Crippen MR) is 68.0 cm³/mol. The fraction of sp³-hybridized carbons (Fsp3) is 0.0833. The van der Waals surface area contributed by atoms with Gasteiger partial charge in [0.15, 0.2) is 0 Å². The molecule has 0 fully saturated rings. The molecule has 1 aromatic heterocycles. The highest BCUT2D eigenvalue weighted by atomic mass is 35.5. The van der Waals surface area contributed by atoms with E-state index in [-0.39, 0.29) is 5.82 Å². The fourth-order valence-electron chi connectivity index (χ4n) is 1.40. The minimum atomic E-state index is -0.329. The average Bonchev–Trinajstić information content (AvgIpc) is 2.28. The van der Waals surface area contributed by atoms with Gasteiger partial charge in [-0.2, -0.15) is 0 Å². The summed E-state index contributed by atoms with van der Waals surface area (Å²) >= 11 is 11.6. The molecule has 17 heavy (non-hydrogen) atoms. The summed E-state index contributed by atoms with van der Waals surface area (Å²) in [7, 11) is 0. The Balaban J connectivity index is 2.13. The highest BCUT2D eigenvalue weighted by Crippen LogP contribution is 2.20. The summed E-state index contributed by atoms with van der Waals surface area (Å²) in [5.41, 5.74) is 1.20. The van der Waals surface area contributed by atoms with E-state index >= 15 is 0 Å². The van der Waals surface area contributed by atoms with Crippen LogP contribution in [0.25, 0.3) is 0 Å². The summed E-state index contributed by atoms with van der Waals surface area (Å²) in [4.78, 5) is 3.86. The molecule has 0 atom stereocenters. The zero-order chi connectivity index (χ0) is 12.3. The molecule has 1 heterocycles. The Morgan fingerprint density at radius 1 is 1.24 bits per heavy atom. The molecule has 1 aromatic carbocycles. The smallest absolute Gasteiger partial charge is 0.131 e. The van der Waals surface area contributed by atoms with Crippen LogP contribution in [0.3, 0.4) is 0 Å². The predicted octanol–water partition coefficient (Wildman–Crippen LogP) is 4.14. The molecule has 0 saturated carbocycles. The number of hydrogen-bond donors (Lipinski definition) is 1. The summed E-state index contributed by atoms with van der Waals surface area (Å²) in [6.07, 6.45) is 1.58. The fourth-order valence-corrected chi connectivity index (χ4v) is 1.81. The third kappa shape index (κ3) is 3.08. The van der Waals surface area contributed by atoms with Gasteiger partial charge in [0.2, 0.25) is 0 Å². The van der Waals surface area contributed by atoms with Gasteiger partial charge in [-0.15, -0.1) is 0 Å². The first kappa shape index (κ1) is 12.1. The van der Waals surface area contributed by atoms with Crippen molar-refractivity contribution in [3.63, 3.8) is 0 Å². The second-order valence-electron chi connectivity index (χ2n) is 3.42. The largest absolute Gasteiger partial charge is 0.381 e. The van der Waals surface area contributed by atoms with E-state index < -0.39 is 0 Å². The van der Waals surface area contributed by atoms with E-state index in [0.717, 1.165) is 5.69 Å². The molecule has 2 nitrogen and oxygen atoms in total. The molecule has 0 unspecified atom stereocenters. The van der Waals surface area contributed by atoms with E-state index in [9.17, 15) is 4.39 Å². The van der Waals surface area contributed by atoms with E-state index in [1.54, 1.807) is 30.5 Å². The molecule has 0 aliphatic heterocycles. The first-order chi connectivity index (χ1) is 8.16. The van der Waals surface area contributed by atoms with E-state index in [1.807, 2.05) is 0 Å². The minimum absolute atomic E-state index is 0.297. The standard InChI is InChI=1S/C12H9Cl2FN2/c13-10-2-1-3-11(15)9(10)7-17-8-4-5-16-12(14)6-8/h1-6H,7H2,(H,16,17). The number of anilines is 1. The van der Waals surface area contributed by atoms with Gasteiger partial charge in [0.05, 0.1) is 0 Å². The molecule has 0 saturated heterocycles. The lowest BCUT2D eigenvalue weighted by molar-refractivity contribution is 0.613. The number of nitrogens with one attached hydrogen (secondary N) is 1. The summed E-state index contributed by atoms with van der Waals surface area (Å²) < 4.78 is 13.5. The van der Waals surface area contributed by atoms with Crippen LogP contribution in [-0.2, 0) is 6.54 Å². The van der Waals surface area contributed by atoms with Crippen LogP contribution in [-0.4, -0.2) is 4.98 Å². The summed E-state index contributed by atoms with van der Waals surface area (Å²) in [5.74, 6) is -0.329. The Hall–Kier alpha value is -1.32. The maximum atomic E-state index is 13.5. The summed E-state index contributed by atoms with van der Waals surface area (Å²) in [5, 5.41) is 3.82. The van der Waals surface area contributed by atoms with Crippen LogP contribution in [0.4, 0.5) is 10.1 Å². The maximum Gasteiger partial charge on any atom is 0.131 e. The maximum absolute atomic E-state index is 13.5. The molecule has 1 N–H and O–H groups in total. The van der Waals surface area contributed by atoms with Gasteiger partial charge in [-0.3, -0.25) is 0 Å². The minimum Gasteiger partial charge on any atom is -0.381 e. The van der Waals surface area contributed by atoms with Gasteiger partial charge in [0, 0.05) is 29.0 Å². The number of pyridine rings is 1. The third-order valence-electron chi connectivity index (χ3n) is 2.26. The molecule has 0 aliphatic rings. The summed E-state index contributed by atoms with van der Waals surface area (Å²) in [6, 6.07) is 8.02. The normalized spacial score (nSPS) is 10.3. The molecule has 0 bridgehead atoms. The van der Waals surface area contributed by atoms with Gasteiger partial charge in [-0.1, -0.05) is 29.3 Å². The van der Waals surface area contributed by atoms with Crippen molar-refractivity contribution in [2.45, 2.75) is 6.54 Å². The number of rotatable bonds is 3. The molecular formula is C12H9Cl2FN2. The summed E-state index contributed by atoms with van der Waals surface area (Å²) in [6.45, 7) is 0.297. The van der Waals surface area contributed by atoms with Crippen molar-refractivity contribution in [1.29, 1.82) is 0 Å². The highest BCUT2D eigenvalue weighted by molar-refractivity contribution is 6.31. The number of aromatic nitrogens is 1. The number of benzene rings is 1. The van der Waals surface area contributed by atoms with Crippen molar-refractivity contribution < 1.29 is 4.39 Å². The van der Waals surface area contributed by atoms with Crippen LogP contribution in [0.1, 0.15) is 5.56 Å². The highest BCUT2D eigenvalue weighted by Gasteiger charge is 2.06. The number of nitrogens with zero attached hydrogens (tertiary/aromatic N) is 1.